The molecule has 2 aliphatic heterocycles. The summed E-state index contributed by atoms with van der Waals surface area (Å²) in [5, 5.41) is 12.7. The molecule has 2 aromatic rings. The summed E-state index contributed by atoms with van der Waals surface area (Å²) in [4.78, 5) is 19.1. The molecule has 0 spiro atoms. The normalized spacial score (nSPS) is 22.1. The van der Waals surface area contributed by atoms with Crippen LogP contribution in [-0.4, -0.2) is 72.4 Å². The van der Waals surface area contributed by atoms with E-state index in [1.54, 1.807) is 12.1 Å². The van der Waals surface area contributed by atoms with Crippen LogP contribution in [0.5, 0.6) is 5.75 Å². The third-order valence-corrected chi connectivity index (χ3v) is 6.13. The van der Waals surface area contributed by atoms with Crippen molar-refractivity contribution >= 4 is 11.7 Å². The van der Waals surface area contributed by atoms with Gasteiger partial charge in [-0.3, -0.25) is 4.90 Å². The molecule has 2 saturated heterocycles. The molecule has 0 radical (unpaired) electrons. The number of morpholine rings is 1. The molecule has 7 heteroatoms. The number of carbonyl (C=O) groups is 1. The molecule has 4 rings (SSSR count). The summed E-state index contributed by atoms with van der Waals surface area (Å²) in [6.45, 7) is 10.5. The fourth-order valence-electron chi connectivity index (χ4n) is 4.58. The molecular weight excluding hydrogens is 404 g/mol. The van der Waals surface area contributed by atoms with Crippen LogP contribution in [-0.2, 0) is 17.8 Å². The number of rotatable bonds is 5. The van der Waals surface area contributed by atoms with Crippen molar-refractivity contribution in [2.45, 2.75) is 39.1 Å². The van der Waals surface area contributed by atoms with Crippen molar-refractivity contribution in [1.82, 2.24) is 15.1 Å². The zero-order valence-corrected chi connectivity index (χ0v) is 19.0. The maximum absolute atomic E-state index is 12.6. The zero-order chi connectivity index (χ0) is 22.5. The molecule has 172 valence electrons. The van der Waals surface area contributed by atoms with E-state index in [0.29, 0.717) is 19.6 Å². The number of phenolic OH excluding ortho intramolecular Hbond substituents is 1. The van der Waals surface area contributed by atoms with E-state index >= 15 is 0 Å². The predicted molar refractivity (Wildman–Crippen MR) is 126 cm³/mol. The number of urea groups is 1. The summed E-state index contributed by atoms with van der Waals surface area (Å²) in [5.41, 5.74) is 3.37. The van der Waals surface area contributed by atoms with Crippen LogP contribution in [0.3, 0.4) is 0 Å². The van der Waals surface area contributed by atoms with Crippen LogP contribution in [0.15, 0.2) is 48.5 Å². The van der Waals surface area contributed by atoms with Crippen molar-refractivity contribution < 1.29 is 14.6 Å². The minimum atomic E-state index is -0.0269. The summed E-state index contributed by atoms with van der Waals surface area (Å²) in [7, 11) is 0. The molecule has 2 unspecified atom stereocenters. The number of amides is 2. The van der Waals surface area contributed by atoms with E-state index in [2.05, 4.69) is 53.2 Å². The van der Waals surface area contributed by atoms with Gasteiger partial charge in [0.2, 0.25) is 0 Å². The molecule has 2 amide bonds. The third-order valence-electron chi connectivity index (χ3n) is 6.13. The van der Waals surface area contributed by atoms with Gasteiger partial charge in [0.05, 0.1) is 12.2 Å². The highest BCUT2D eigenvalue weighted by Crippen LogP contribution is 2.21. The Morgan fingerprint density at radius 1 is 1.00 bits per heavy atom. The number of hydrogen-bond acceptors (Lipinski definition) is 5. The largest absolute Gasteiger partial charge is 0.508 e. The summed E-state index contributed by atoms with van der Waals surface area (Å²) in [6.07, 6.45) is 0.546. The van der Waals surface area contributed by atoms with Gasteiger partial charge in [-0.25, -0.2) is 4.79 Å². The lowest BCUT2D eigenvalue weighted by Gasteiger charge is -2.36. The molecule has 0 aromatic heterocycles. The van der Waals surface area contributed by atoms with Crippen LogP contribution in [0.1, 0.15) is 25.0 Å². The molecule has 0 aliphatic carbocycles. The maximum atomic E-state index is 12.6. The monoisotopic (exact) mass is 438 g/mol. The number of nitrogens with one attached hydrogen (secondary N) is 1. The Morgan fingerprint density at radius 2 is 1.66 bits per heavy atom. The fourth-order valence-corrected chi connectivity index (χ4v) is 4.58. The molecule has 0 saturated carbocycles. The Balaban J connectivity index is 1.21. The van der Waals surface area contributed by atoms with Gasteiger partial charge in [-0.15, -0.1) is 0 Å². The molecule has 2 atom stereocenters. The number of aromatic hydroxyl groups is 1. The van der Waals surface area contributed by atoms with Gasteiger partial charge < -0.3 is 25.0 Å². The molecule has 2 N–H and O–H groups in total. The predicted octanol–water partition coefficient (Wildman–Crippen LogP) is 3.03. The summed E-state index contributed by atoms with van der Waals surface area (Å²) in [6, 6.07) is 15.7. The first-order valence-corrected chi connectivity index (χ1v) is 11.5. The van der Waals surface area contributed by atoms with Gasteiger partial charge in [-0.2, -0.15) is 0 Å². The van der Waals surface area contributed by atoms with Crippen molar-refractivity contribution in [1.29, 1.82) is 0 Å². The Hall–Kier alpha value is -2.77. The van der Waals surface area contributed by atoms with Gasteiger partial charge in [0.1, 0.15) is 5.75 Å². The number of phenols is 1. The number of ether oxygens (including phenoxy) is 1. The molecule has 2 aromatic carbocycles. The summed E-state index contributed by atoms with van der Waals surface area (Å²) in [5.74, 6) is 0.266. The molecular formula is C25H34N4O3. The van der Waals surface area contributed by atoms with Gasteiger partial charge in [0.15, 0.2) is 0 Å². The quantitative estimate of drug-likeness (QED) is 0.751. The molecule has 2 aliphatic rings. The van der Waals surface area contributed by atoms with E-state index in [4.69, 9.17) is 4.74 Å². The lowest BCUT2D eigenvalue weighted by molar-refractivity contribution is -0.0704. The van der Waals surface area contributed by atoms with Crippen LogP contribution >= 0.6 is 0 Å². The SMILES string of the molecule is CC1CN(Cc2ccc(CNC(=O)N3CCN(c4cccc(O)c4)CC3)cc2)CC(C)O1. The third kappa shape index (κ3) is 5.93. The van der Waals surface area contributed by atoms with Crippen molar-refractivity contribution in [3.05, 3.63) is 59.7 Å². The topological polar surface area (TPSA) is 68.3 Å². The van der Waals surface area contributed by atoms with Crippen LogP contribution in [0.4, 0.5) is 10.5 Å². The highest BCUT2D eigenvalue weighted by Gasteiger charge is 2.23. The number of hydrogen-bond donors (Lipinski definition) is 2. The second kappa shape index (κ2) is 10.2. The molecule has 32 heavy (non-hydrogen) atoms. The van der Waals surface area contributed by atoms with Gasteiger partial charge in [0, 0.05) is 64.1 Å². The lowest BCUT2D eigenvalue weighted by Crippen LogP contribution is -2.51. The summed E-state index contributed by atoms with van der Waals surface area (Å²) >= 11 is 0. The van der Waals surface area contributed by atoms with Gasteiger partial charge in [-0.05, 0) is 37.1 Å². The van der Waals surface area contributed by atoms with Gasteiger partial charge in [0.25, 0.3) is 0 Å². The van der Waals surface area contributed by atoms with Crippen LogP contribution < -0.4 is 10.2 Å². The maximum Gasteiger partial charge on any atom is 0.317 e. The zero-order valence-electron chi connectivity index (χ0n) is 19.0. The Labute approximate surface area is 190 Å². The second-order valence-electron chi connectivity index (χ2n) is 8.92. The standard InChI is InChI=1S/C25H34N4O3/c1-19-16-27(17-20(2)32-19)18-22-8-6-21(7-9-22)15-26-25(31)29-12-10-28(11-13-29)23-4-3-5-24(30)14-23/h3-9,14,19-20,30H,10-13,15-18H2,1-2H3,(H,26,31). The molecule has 2 fully saturated rings. The first kappa shape index (κ1) is 22.4. The van der Waals surface area contributed by atoms with Crippen molar-refractivity contribution in [2.24, 2.45) is 0 Å². The van der Waals surface area contributed by atoms with E-state index in [1.807, 2.05) is 17.0 Å². The van der Waals surface area contributed by atoms with Gasteiger partial charge in [-0.1, -0.05) is 30.3 Å². The first-order chi connectivity index (χ1) is 15.5. The van der Waals surface area contributed by atoms with E-state index in [-0.39, 0.29) is 24.0 Å². The van der Waals surface area contributed by atoms with Crippen molar-refractivity contribution in [3.63, 3.8) is 0 Å². The number of nitrogens with zero attached hydrogens (tertiary/aromatic N) is 3. The highest BCUT2D eigenvalue weighted by atomic mass is 16.5. The average Bonchev–Trinajstić information content (AvgIpc) is 2.78. The average molecular weight is 439 g/mol. The van der Waals surface area contributed by atoms with Crippen molar-refractivity contribution in [2.75, 3.05) is 44.2 Å². The number of carbonyl (C=O) groups excluding carboxylic acids is 1. The Morgan fingerprint density at radius 3 is 2.31 bits per heavy atom. The van der Waals surface area contributed by atoms with E-state index < -0.39 is 0 Å². The number of anilines is 1. The van der Waals surface area contributed by atoms with Gasteiger partial charge >= 0.3 is 6.03 Å². The lowest BCUT2D eigenvalue weighted by atomic mass is 10.1. The van der Waals surface area contributed by atoms with E-state index in [1.165, 1.54) is 5.56 Å². The van der Waals surface area contributed by atoms with Crippen LogP contribution in [0.25, 0.3) is 0 Å². The Kier molecular flexibility index (Phi) is 7.17. The summed E-state index contributed by atoms with van der Waals surface area (Å²) < 4.78 is 5.81. The van der Waals surface area contributed by atoms with Crippen LogP contribution in [0, 0.1) is 0 Å². The smallest absolute Gasteiger partial charge is 0.317 e. The van der Waals surface area contributed by atoms with Crippen LogP contribution in [0.2, 0.25) is 0 Å². The number of piperazine rings is 1. The van der Waals surface area contributed by atoms with E-state index in [0.717, 1.165) is 44.0 Å². The molecule has 2 heterocycles. The fraction of sp³-hybridized carbons (Fsp3) is 0.480. The minimum absolute atomic E-state index is 0.0269. The highest BCUT2D eigenvalue weighted by molar-refractivity contribution is 5.74. The minimum Gasteiger partial charge on any atom is -0.508 e. The number of benzene rings is 2. The molecule has 7 nitrogen and oxygen atoms in total. The van der Waals surface area contributed by atoms with Crippen molar-refractivity contribution in [3.8, 4) is 5.75 Å². The Bertz CT molecular complexity index is 886. The van der Waals surface area contributed by atoms with E-state index in [9.17, 15) is 9.90 Å². The second-order valence-corrected chi connectivity index (χ2v) is 8.92. The molecule has 0 bridgehead atoms. The first-order valence-electron chi connectivity index (χ1n) is 11.5.